The molecule has 0 saturated heterocycles. The van der Waals surface area contributed by atoms with Crippen LogP contribution < -0.4 is 0 Å². The van der Waals surface area contributed by atoms with Crippen molar-refractivity contribution in [2.75, 3.05) is 19.8 Å². The molecule has 0 spiro atoms. The van der Waals surface area contributed by atoms with Gasteiger partial charge in [0.05, 0.1) is 5.25 Å². The maximum Gasteiger partial charge on any atom is 0.222 e. The fraction of sp³-hybridized carbons (Fsp3) is 0.533. The number of carbonyl (C=O) groups excluding carboxylic acids is 1. The first-order valence-electron chi connectivity index (χ1n) is 6.55. The van der Waals surface area contributed by atoms with E-state index in [0.717, 1.165) is 5.56 Å². The molecule has 0 saturated carbocycles. The molecule has 0 radical (unpaired) electrons. The molecule has 0 aliphatic heterocycles. The molecular weight excluding hydrogens is 258 g/mol. The lowest BCUT2D eigenvalue weighted by Crippen LogP contribution is -2.22. The molecule has 1 rings (SSSR count). The Morgan fingerprint density at radius 3 is 2.63 bits per heavy atom. The predicted molar refractivity (Wildman–Crippen MR) is 80.5 cm³/mol. The summed E-state index contributed by atoms with van der Waals surface area (Å²) in [6.07, 6.45) is 1.15. The predicted octanol–water partition coefficient (Wildman–Crippen LogP) is 2.67. The highest BCUT2D eigenvalue weighted by molar-refractivity contribution is 7.85. The lowest BCUT2D eigenvalue weighted by atomic mass is 10.1. The minimum Gasteiger partial charge on any atom is -0.349 e. The molecule has 4 heteroatoms. The first kappa shape index (κ1) is 15.9. The van der Waals surface area contributed by atoms with E-state index in [9.17, 15) is 9.00 Å². The minimum absolute atomic E-state index is 0.0226. The van der Waals surface area contributed by atoms with Crippen LogP contribution in [0.15, 0.2) is 24.3 Å². The van der Waals surface area contributed by atoms with Gasteiger partial charge >= 0.3 is 0 Å². The van der Waals surface area contributed by atoms with Gasteiger partial charge in [-0.25, -0.2) is 0 Å². The van der Waals surface area contributed by atoms with Crippen LogP contribution >= 0.6 is 0 Å². The van der Waals surface area contributed by atoms with Crippen molar-refractivity contribution < 1.29 is 9.00 Å². The van der Waals surface area contributed by atoms with Crippen molar-refractivity contribution >= 4 is 16.7 Å². The molecule has 19 heavy (non-hydrogen) atoms. The Balaban J connectivity index is 2.48. The van der Waals surface area contributed by atoms with Crippen LogP contribution in [0.3, 0.4) is 0 Å². The van der Waals surface area contributed by atoms with E-state index in [2.05, 4.69) is 6.07 Å². The minimum atomic E-state index is -0.924. The van der Waals surface area contributed by atoms with Crippen molar-refractivity contribution in [3.8, 4) is 0 Å². The molecule has 106 valence electrons. The summed E-state index contributed by atoms with van der Waals surface area (Å²) in [7, 11) is 2.57. The number of hydrogen-bond acceptors (Lipinski definition) is 2. The molecule has 0 aromatic heterocycles. The Morgan fingerprint density at radius 2 is 2.05 bits per heavy atom. The number of amides is 1. The monoisotopic (exact) mass is 281 g/mol. The van der Waals surface area contributed by atoms with E-state index in [1.807, 2.05) is 32.0 Å². The summed E-state index contributed by atoms with van der Waals surface area (Å²) in [4.78, 5) is 13.0. The van der Waals surface area contributed by atoms with Crippen molar-refractivity contribution in [1.29, 1.82) is 0 Å². The second-order valence-corrected chi connectivity index (χ2v) is 6.91. The first-order chi connectivity index (χ1) is 8.91. The van der Waals surface area contributed by atoms with Crippen LogP contribution in [0.1, 0.15) is 36.1 Å². The molecular formula is C15H23NO2S. The molecule has 0 aliphatic carbocycles. The summed E-state index contributed by atoms with van der Waals surface area (Å²) in [5.41, 5.74) is 2.29. The Hall–Kier alpha value is -1.16. The highest BCUT2D eigenvalue weighted by Gasteiger charge is 2.14. The summed E-state index contributed by atoms with van der Waals surface area (Å²) < 4.78 is 12.2. The van der Waals surface area contributed by atoms with Crippen molar-refractivity contribution in [3.05, 3.63) is 35.4 Å². The highest BCUT2D eigenvalue weighted by atomic mass is 32.2. The number of rotatable bonds is 6. The molecule has 0 aliphatic rings. The number of hydrogen-bond donors (Lipinski definition) is 0. The zero-order valence-electron chi connectivity index (χ0n) is 12.2. The van der Waals surface area contributed by atoms with E-state index in [1.165, 1.54) is 5.56 Å². The smallest absolute Gasteiger partial charge is 0.222 e. The third-order valence-electron chi connectivity index (χ3n) is 3.14. The lowest BCUT2D eigenvalue weighted by Gasteiger charge is -2.13. The third kappa shape index (κ3) is 5.15. The van der Waals surface area contributed by atoms with Gasteiger partial charge in [-0.1, -0.05) is 29.8 Å². The highest BCUT2D eigenvalue weighted by Crippen LogP contribution is 2.21. The molecule has 1 aromatic carbocycles. The third-order valence-corrected chi connectivity index (χ3v) is 4.89. The Bertz CT molecular complexity index is 457. The van der Waals surface area contributed by atoms with Crippen LogP contribution in [-0.4, -0.2) is 34.9 Å². The molecule has 3 nitrogen and oxygen atoms in total. The maximum atomic E-state index is 12.2. The van der Waals surface area contributed by atoms with Gasteiger partial charge in [-0.05, 0) is 25.8 Å². The summed E-state index contributed by atoms with van der Waals surface area (Å²) >= 11 is 0. The second kappa shape index (κ2) is 7.43. The lowest BCUT2D eigenvalue weighted by molar-refractivity contribution is -0.128. The van der Waals surface area contributed by atoms with Crippen molar-refractivity contribution in [1.82, 2.24) is 4.90 Å². The molecule has 0 bridgehead atoms. The van der Waals surface area contributed by atoms with Gasteiger partial charge in [-0.15, -0.1) is 0 Å². The standard InChI is InChI=1S/C15H23NO2S/c1-12-7-5-8-14(11-12)13(2)19(18)10-6-9-15(17)16(3)4/h5,7-8,11,13H,6,9-10H2,1-4H3/t13-,19+/m1/s1. The van der Waals surface area contributed by atoms with Crippen LogP contribution in [0.25, 0.3) is 0 Å². The van der Waals surface area contributed by atoms with E-state index < -0.39 is 10.8 Å². The molecule has 1 aromatic rings. The van der Waals surface area contributed by atoms with Crippen molar-refractivity contribution in [2.24, 2.45) is 0 Å². The van der Waals surface area contributed by atoms with Gasteiger partial charge in [0.15, 0.2) is 0 Å². The van der Waals surface area contributed by atoms with Gasteiger partial charge in [0.1, 0.15) is 0 Å². The molecule has 0 unspecified atom stereocenters. The average Bonchev–Trinajstić information content (AvgIpc) is 2.37. The van der Waals surface area contributed by atoms with E-state index in [-0.39, 0.29) is 11.2 Å². The fourth-order valence-electron chi connectivity index (χ4n) is 1.84. The molecule has 0 fully saturated rings. The number of benzene rings is 1. The first-order valence-corrected chi connectivity index (χ1v) is 7.94. The van der Waals surface area contributed by atoms with Crippen molar-refractivity contribution in [2.45, 2.75) is 31.9 Å². The Kier molecular flexibility index (Phi) is 6.22. The number of aryl methyl sites for hydroxylation is 1. The van der Waals surface area contributed by atoms with Crippen LogP contribution in [-0.2, 0) is 15.6 Å². The van der Waals surface area contributed by atoms with Crippen LogP contribution in [0.2, 0.25) is 0 Å². The topological polar surface area (TPSA) is 37.4 Å². The van der Waals surface area contributed by atoms with Gasteiger partial charge in [0.2, 0.25) is 5.91 Å². The van der Waals surface area contributed by atoms with E-state index in [1.54, 1.807) is 19.0 Å². The quantitative estimate of drug-likeness (QED) is 0.804. The summed E-state index contributed by atoms with van der Waals surface area (Å²) in [6.45, 7) is 4.02. The summed E-state index contributed by atoms with van der Waals surface area (Å²) in [6, 6.07) is 8.12. The van der Waals surface area contributed by atoms with E-state index in [4.69, 9.17) is 0 Å². The van der Waals surface area contributed by atoms with Crippen LogP contribution in [0.4, 0.5) is 0 Å². The molecule has 2 atom stereocenters. The number of carbonyl (C=O) groups is 1. The van der Waals surface area contributed by atoms with Gasteiger partial charge < -0.3 is 4.90 Å². The largest absolute Gasteiger partial charge is 0.349 e. The average molecular weight is 281 g/mol. The van der Waals surface area contributed by atoms with Crippen LogP contribution in [0, 0.1) is 6.92 Å². The normalized spacial score (nSPS) is 13.9. The van der Waals surface area contributed by atoms with Crippen molar-refractivity contribution in [3.63, 3.8) is 0 Å². The van der Waals surface area contributed by atoms with Crippen LogP contribution in [0.5, 0.6) is 0 Å². The fourth-order valence-corrected chi connectivity index (χ4v) is 3.07. The summed E-state index contributed by atoms with van der Waals surface area (Å²) in [5, 5.41) is 0.0226. The summed E-state index contributed by atoms with van der Waals surface area (Å²) in [5.74, 6) is 0.675. The van der Waals surface area contributed by atoms with Gasteiger partial charge in [-0.3, -0.25) is 9.00 Å². The van der Waals surface area contributed by atoms with Gasteiger partial charge in [-0.2, -0.15) is 0 Å². The second-order valence-electron chi connectivity index (χ2n) is 5.03. The Morgan fingerprint density at radius 1 is 1.37 bits per heavy atom. The molecule has 0 N–H and O–H groups in total. The van der Waals surface area contributed by atoms with Gasteiger partial charge in [0, 0.05) is 37.1 Å². The zero-order valence-corrected chi connectivity index (χ0v) is 13.0. The molecule has 0 heterocycles. The van der Waals surface area contributed by atoms with Gasteiger partial charge in [0.25, 0.3) is 0 Å². The number of nitrogens with zero attached hydrogens (tertiary/aromatic N) is 1. The zero-order chi connectivity index (χ0) is 14.4. The van der Waals surface area contributed by atoms with E-state index >= 15 is 0 Å². The Labute approximate surface area is 118 Å². The maximum absolute atomic E-state index is 12.2. The SMILES string of the molecule is Cc1cccc([C@@H](C)[S@@](=O)CCCC(=O)N(C)C)c1. The molecule has 1 amide bonds. The van der Waals surface area contributed by atoms with E-state index in [0.29, 0.717) is 18.6 Å².